The SMILES string of the molecule is CC(=O)OC1[C@@H](OC(C)=O)O[C@H]([C@@H](OC(C)=O)C(C)C)[C@@H](OC(C)=O)[C@@H]1OC(C)=O. The maximum Gasteiger partial charge on any atom is 0.305 e. The van der Waals surface area contributed by atoms with Crippen molar-refractivity contribution < 1.29 is 52.4 Å². The predicted molar refractivity (Wildman–Crippen MR) is 97.5 cm³/mol. The lowest BCUT2D eigenvalue weighted by Gasteiger charge is -2.46. The Morgan fingerprint density at radius 1 is 0.633 bits per heavy atom. The molecule has 1 saturated heterocycles. The van der Waals surface area contributed by atoms with Gasteiger partial charge in [0.1, 0.15) is 12.2 Å². The number of hydrogen-bond acceptors (Lipinski definition) is 11. The zero-order valence-corrected chi connectivity index (χ0v) is 18.0. The van der Waals surface area contributed by atoms with Gasteiger partial charge in [-0.25, -0.2) is 0 Å². The summed E-state index contributed by atoms with van der Waals surface area (Å²) in [6.45, 7) is 9.06. The molecule has 1 rings (SSSR count). The van der Waals surface area contributed by atoms with Crippen molar-refractivity contribution in [2.24, 2.45) is 5.92 Å². The van der Waals surface area contributed by atoms with Gasteiger partial charge in [0.25, 0.3) is 0 Å². The number of ether oxygens (including phenoxy) is 6. The van der Waals surface area contributed by atoms with E-state index in [9.17, 15) is 24.0 Å². The van der Waals surface area contributed by atoms with Crippen LogP contribution in [0.3, 0.4) is 0 Å². The van der Waals surface area contributed by atoms with Crippen LogP contribution in [0.15, 0.2) is 0 Å². The Kier molecular flexibility index (Phi) is 9.22. The summed E-state index contributed by atoms with van der Waals surface area (Å²) in [6, 6.07) is 0. The highest BCUT2D eigenvalue weighted by Crippen LogP contribution is 2.33. The maximum atomic E-state index is 11.8. The van der Waals surface area contributed by atoms with E-state index in [4.69, 9.17) is 28.4 Å². The van der Waals surface area contributed by atoms with Gasteiger partial charge in [-0.2, -0.15) is 0 Å². The molecule has 170 valence electrons. The molecule has 0 aromatic rings. The van der Waals surface area contributed by atoms with Crippen LogP contribution in [0.1, 0.15) is 48.5 Å². The van der Waals surface area contributed by atoms with E-state index in [1.165, 1.54) is 6.92 Å². The van der Waals surface area contributed by atoms with E-state index in [2.05, 4.69) is 0 Å². The number of hydrogen-bond donors (Lipinski definition) is 0. The third-order valence-electron chi connectivity index (χ3n) is 4.00. The molecule has 30 heavy (non-hydrogen) atoms. The first kappa shape index (κ1) is 25.3. The van der Waals surface area contributed by atoms with Crippen molar-refractivity contribution in [3.63, 3.8) is 0 Å². The van der Waals surface area contributed by atoms with Crippen LogP contribution in [0, 0.1) is 5.92 Å². The van der Waals surface area contributed by atoms with Crippen molar-refractivity contribution in [3.8, 4) is 0 Å². The van der Waals surface area contributed by atoms with Gasteiger partial charge in [0.15, 0.2) is 12.2 Å². The van der Waals surface area contributed by atoms with Gasteiger partial charge in [-0.1, -0.05) is 13.8 Å². The van der Waals surface area contributed by atoms with Crippen LogP contribution in [0.25, 0.3) is 0 Å². The first-order valence-electron chi connectivity index (χ1n) is 9.35. The molecule has 11 nitrogen and oxygen atoms in total. The second-order valence-corrected chi connectivity index (χ2v) is 7.12. The third-order valence-corrected chi connectivity index (χ3v) is 4.00. The number of esters is 5. The minimum absolute atomic E-state index is 0.335. The minimum Gasteiger partial charge on any atom is -0.459 e. The summed E-state index contributed by atoms with van der Waals surface area (Å²) in [6.07, 6.45) is -7.82. The van der Waals surface area contributed by atoms with Crippen molar-refractivity contribution in [2.75, 3.05) is 0 Å². The Balaban J connectivity index is 3.53. The monoisotopic (exact) mass is 432 g/mol. The van der Waals surface area contributed by atoms with Crippen LogP contribution in [-0.2, 0) is 52.4 Å². The largest absolute Gasteiger partial charge is 0.459 e. The van der Waals surface area contributed by atoms with E-state index in [-0.39, 0.29) is 5.92 Å². The average molecular weight is 432 g/mol. The molecule has 0 amide bonds. The molecule has 0 spiro atoms. The van der Waals surface area contributed by atoms with E-state index in [0.717, 1.165) is 27.7 Å². The molecule has 0 radical (unpaired) electrons. The molecule has 0 aromatic heterocycles. The Morgan fingerprint density at radius 3 is 1.47 bits per heavy atom. The number of carbonyl (C=O) groups is 5. The lowest BCUT2D eigenvalue weighted by atomic mass is 9.89. The Morgan fingerprint density at radius 2 is 1.07 bits per heavy atom. The lowest BCUT2D eigenvalue weighted by molar-refractivity contribution is -0.310. The molecular formula is C19H28O11. The molecule has 0 bridgehead atoms. The van der Waals surface area contributed by atoms with Gasteiger partial charge in [-0.15, -0.1) is 0 Å². The highest BCUT2D eigenvalue weighted by atomic mass is 16.7. The molecular weight excluding hydrogens is 404 g/mol. The van der Waals surface area contributed by atoms with Crippen molar-refractivity contribution in [1.29, 1.82) is 0 Å². The molecule has 1 fully saturated rings. The summed E-state index contributed by atoms with van der Waals surface area (Å²) >= 11 is 0. The van der Waals surface area contributed by atoms with Crippen LogP contribution < -0.4 is 0 Å². The fourth-order valence-electron chi connectivity index (χ4n) is 3.10. The zero-order valence-electron chi connectivity index (χ0n) is 18.0. The molecule has 0 saturated carbocycles. The Labute approximate surface area is 174 Å². The molecule has 1 heterocycles. The summed E-state index contributed by atoms with van der Waals surface area (Å²) in [5, 5.41) is 0. The number of rotatable bonds is 7. The van der Waals surface area contributed by atoms with Crippen molar-refractivity contribution in [3.05, 3.63) is 0 Å². The van der Waals surface area contributed by atoms with Gasteiger partial charge >= 0.3 is 29.8 Å². The molecule has 0 aliphatic carbocycles. The first-order valence-corrected chi connectivity index (χ1v) is 9.35. The molecule has 1 aliphatic heterocycles. The highest BCUT2D eigenvalue weighted by molar-refractivity contribution is 5.69. The summed E-state index contributed by atoms with van der Waals surface area (Å²) < 4.78 is 32.1. The molecule has 0 N–H and O–H groups in total. The second-order valence-electron chi connectivity index (χ2n) is 7.12. The van der Waals surface area contributed by atoms with E-state index >= 15 is 0 Å². The van der Waals surface area contributed by atoms with Gasteiger partial charge in [0, 0.05) is 34.6 Å². The summed E-state index contributed by atoms with van der Waals surface area (Å²) in [4.78, 5) is 58.4. The second kappa shape index (κ2) is 10.9. The van der Waals surface area contributed by atoms with Crippen LogP contribution >= 0.6 is 0 Å². The van der Waals surface area contributed by atoms with Crippen molar-refractivity contribution in [1.82, 2.24) is 0 Å². The first-order chi connectivity index (χ1) is 13.8. The van der Waals surface area contributed by atoms with Crippen LogP contribution in [-0.4, -0.2) is 66.7 Å². The fraction of sp³-hybridized carbons (Fsp3) is 0.737. The lowest BCUT2D eigenvalue weighted by Crippen LogP contribution is -2.65. The van der Waals surface area contributed by atoms with E-state index < -0.39 is 66.7 Å². The molecule has 1 unspecified atom stereocenters. The topological polar surface area (TPSA) is 141 Å². The Hall–Kier alpha value is -2.69. The van der Waals surface area contributed by atoms with Gasteiger partial charge < -0.3 is 28.4 Å². The van der Waals surface area contributed by atoms with Crippen molar-refractivity contribution in [2.45, 2.75) is 85.3 Å². The van der Waals surface area contributed by atoms with Crippen LogP contribution in [0.2, 0.25) is 0 Å². The van der Waals surface area contributed by atoms with Gasteiger partial charge in [0.2, 0.25) is 12.4 Å². The smallest absolute Gasteiger partial charge is 0.305 e. The normalized spacial score (nSPS) is 26.9. The van der Waals surface area contributed by atoms with Gasteiger partial charge in [-0.3, -0.25) is 24.0 Å². The Bertz CT molecular complexity index is 671. The standard InChI is InChI=1S/C19H28O11/c1-8(2)14(25-9(3)20)15-16(26-10(4)21)17(27-11(5)22)18(28-12(6)23)19(30-15)29-13(7)24/h8,14-19H,1-7H3/t14-,15+,16+,17-,18?,19-/m0/s1. The van der Waals surface area contributed by atoms with Gasteiger partial charge in [-0.05, 0) is 5.92 Å². The zero-order chi connectivity index (χ0) is 23.2. The molecule has 0 aromatic carbocycles. The van der Waals surface area contributed by atoms with Gasteiger partial charge in [0.05, 0.1) is 0 Å². The maximum absolute atomic E-state index is 11.8. The summed E-state index contributed by atoms with van der Waals surface area (Å²) in [5.74, 6) is -4.03. The van der Waals surface area contributed by atoms with E-state index in [1.807, 2.05) is 0 Å². The van der Waals surface area contributed by atoms with Crippen molar-refractivity contribution >= 4 is 29.8 Å². The quantitative estimate of drug-likeness (QED) is 0.414. The fourth-order valence-corrected chi connectivity index (χ4v) is 3.10. The highest BCUT2D eigenvalue weighted by Gasteiger charge is 2.56. The molecule has 11 heteroatoms. The average Bonchev–Trinajstić information content (AvgIpc) is 2.55. The predicted octanol–water partition coefficient (Wildman–Crippen LogP) is 0.657. The summed E-state index contributed by atoms with van der Waals surface area (Å²) in [7, 11) is 0. The third kappa shape index (κ3) is 7.29. The van der Waals surface area contributed by atoms with E-state index in [1.54, 1.807) is 13.8 Å². The van der Waals surface area contributed by atoms with Crippen LogP contribution in [0.4, 0.5) is 0 Å². The van der Waals surface area contributed by atoms with E-state index in [0.29, 0.717) is 0 Å². The summed E-state index contributed by atoms with van der Waals surface area (Å²) in [5.41, 5.74) is 0. The number of carbonyl (C=O) groups excluding carboxylic acids is 5. The molecule has 6 atom stereocenters. The van der Waals surface area contributed by atoms with Crippen LogP contribution in [0.5, 0.6) is 0 Å². The minimum atomic E-state index is -1.51. The molecule has 1 aliphatic rings.